The Labute approximate surface area is 113 Å². The van der Waals surface area contributed by atoms with E-state index in [4.69, 9.17) is 4.74 Å². The van der Waals surface area contributed by atoms with E-state index in [0.29, 0.717) is 0 Å². The van der Waals surface area contributed by atoms with Gasteiger partial charge in [-0.1, -0.05) is 13.8 Å². The van der Waals surface area contributed by atoms with Gasteiger partial charge in [-0.25, -0.2) is 0 Å². The summed E-state index contributed by atoms with van der Waals surface area (Å²) in [5.74, 6) is 0.801. The summed E-state index contributed by atoms with van der Waals surface area (Å²) >= 11 is 0. The van der Waals surface area contributed by atoms with E-state index in [0.717, 1.165) is 18.6 Å². The largest absolute Gasteiger partial charge is 0.385 e. The van der Waals surface area contributed by atoms with E-state index in [1.165, 1.54) is 58.3 Å². The van der Waals surface area contributed by atoms with Crippen molar-refractivity contribution in [3.05, 3.63) is 0 Å². The van der Waals surface area contributed by atoms with Gasteiger partial charge < -0.3 is 15.0 Å². The van der Waals surface area contributed by atoms with Gasteiger partial charge >= 0.3 is 0 Å². The van der Waals surface area contributed by atoms with Crippen LogP contribution in [0.5, 0.6) is 0 Å². The average Bonchev–Trinajstić information content (AvgIpc) is 2.35. The van der Waals surface area contributed by atoms with Gasteiger partial charge in [0, 0.05) is 26.3 Å². The molecule has 108 valence electrons. The Hall–Kier alpha value is -0.120. The van der Waals surface area contributed by atoms with E-state index >= 15 is 0 Å². The monoisotopic (exact) mass is 256 g/mol. The van der Waals surface area contributed by atoms with Gasteiger partial charge in [0.25, 0.3) is 0 Å². The van der Waals surface area contributed by atoms with Crippen molar-refractivity contribution in [2.45, 2.75) is 52.0 Å². The number of nitrogens with one attached hydrogen (secondary N) is 1. The van der Waals surface area contributed by atoms with Crippen molar-refractivity contribution in [3.8, 4) is 0 Å². The Morgan fingerprint density at radius 1 is 1.17 bits per heavy atom. The van der Waals surface area contributed by atoms with Crippen molar-refractivity contribution >= 4 is 0 Å². The predicted octanol–water partition coefficient (Wildman–Crippen LogP) is 2.51. The highest BCUT2D eigenvalue weighted by atomic mass is 16.5. The van der Waals surface area contributed by atoms with E-state index in [2.05, 4.69) is 24.1 Å². The van der Waals surface area contributed by atoms with Crippen LogP contribution in [0.3, 0.4) is 0 Å². The number of nitrogens with zero attached hydrogens (tertiary/aromatic N) is 1. The second-order valence-corrected chi connectivity index (χ2v) is 5.98. The van der Waals surface area contributed by atoms with Crippen LogP contribution in [0.15, 0.2) is 0 Å². The predicted molar refractivity (Wildman–Crippen MR) is 78.0 cm³/mol. The van der Waals surface area contributed by atoms with Crippen LogP contribution in [0.25, 0.3) is 0 Å². The maximum Gasteiger partial charge on any atom is 0.0462 e. The zero-order chi connectivity index (χ0) is 13.2. The van der Waals surface area contributed by atoms with Crippen molar-refractivity contribution < 1.29 is 4.74 Å². The lowest BCUT2D eigenvalue weighted by Crippen LogP contribution is -2.43. The molecule has 1 aliphatic heterocycles. The molecule has 0 aromatic rings. The molecule has 1 N–H and O–H groups in total. The molecule has 0 aliphatic carbocycles. The summed E-state index contributed by atoms with van der Waals surface area (Å²) in [6, 6.07) is 0.760. The Morgan fingerprint density at radius 2 is 1.89 bits per heavy atom. The molecule has 0 aromatic carbocycles. The van der Waals surface area contributed by atoms with E-state index in [1.54, 1.807) is 7.11 Å². The smallest absolute Gasteiger partial charge is 0.0462 e. The highest BCUT2D eigenvalue weighted by Gasteiger charge is 2.18. The molecule has 0 amide bonds. The Balaban J connectivity index is 1.95. The highest BCUT2D eigenvalue weighted by Crippen LogP contribution is 2.12. The first kappa shape index (κ1) is 15.9. The molecule has 0 atom stereocenters. The summed E-state index contributed by atoms with van der Waals surface area (Å²) in [5.41, 5.74) is 0. The van der Waals surface area contributed by atoms with Crippen molar-refractivity contribution in [1.29, 1.82) is 0 Å². The van der Waals surface area contributed by atoms with Crippen LogP contribution in [0.1, 0.15) is 46.0 Å². The third-order valence-electron chi connectivity index (χ3n) is 3.67. The number of hydrogen-bond donors (Lipinski definition) is 1. The highest BCUT2D eigenvalue weighted by molar-refractivity contribution is 4.77. The summed E-state index contributed by atoms with van der Waals surface area (Å²) in [6.07, 6.45) is 6.42. The van der Waals surface area contributed by atoms with Crippen LogP contribution in [0.2, 0.25) is 0 Å². The van der Waals surface area contributed by atoms with Crippen LogP contribution < -0.4 is 5.32 Å². The molecule has 1 heterocycles. The van der Waals surface area contributed by atoms with Crippen molar-refractivity contribution in [3.63, 3.8) is 0 Å². The topological polar surface area (TPSA) is 24.5 Å². The maximum atomic E-state index is 5.06. The van der Waals surface area contributed by atoms with Crippen molar-refractivity contribution in [1.82, 2.24) is 10.2 Å². The molecule has 1 rings (SSSR count). The third kappa shape index (κ3) is 7.34. The number of unbranched alkanes of at least 4 members (excludes halogenated alkanes) is 2. The normalized spacial score (nSPS) is 18.7. The lowest BCUT2D eigenvalue weighted by Gasteiger charge is -2.33. The number of methoxy groups -OCH3 is 1. The minimum atomic E-state index is 0.760. The summed E-state index contributed by atoms with van der Waals surface area (Å²) in [4.78, 5) is 2.61. The molecule has 1 aliphatic rings. The second kappa shape index (κ2) is 9.76. The number of piperidine rings is 1. The zero-order valence-electron chi connectivity index (χ0n) is 12.6. The first-order chi connectivity index (χ1) is 8.72. The van der Waals surface area contributed by atoms with E-state index < -0.39 is 0 Å². The fourth-order valence-electron chi connectivity index (χ4n) is 2.69. The van der Waals surface area contributed by atoms with Gasteiger partial charge in [0.2, 0.25) is 0 Å². The summed E-state index contributed by atoms with van der Waals surface area (Å²) in [6.45, 7) is 10.5. The van der Waals surface area contributed by atoms with E-state index in [-0.39, 0.29) is 0 Å². The van der Waals surface area contributed by atoms with Crippen LogP contribution >= 0.6 is 0 Å². The molecule has 0 unspecified atom stereocenters. The molecular weight excluding hydrogens is 224 g/mol. The molecule has 0 spiro atoms. The van der Waals surface area contributed by atoms with Gasteiger partial charge in [0.05, 0.1) is 0 Å². The quantitative estimate of drug-likeness (QED) is 0.642. The molecule has 0 saturated carbocycles. The van der Waals surface area contributed by atoms with Gasteiger partial charge in [0.1, 0.15) is 0 Å². The lowest BCUT2D eigenvalue weighted by atomic mass is 10.0. The summed E-state index contributed by atoms with van der Waals surface area (Å²) in [7, 11) is 1.78. The third-order valence-corrected chi connectivity index (χ3v) is 3.67. The lowest BCUT2D eigenvalue weighted by molar-refractivity contribution is 0.178. The van der Waals surface area contributed by atoms with Gasteiger partial charge in [0.15, 0.2) is 0 Å². The fraction of sp³-hybridized carbons (Fsp3) is 1.00. The molecule has 0 radical (unpaired) electrons. The summed E-state index contributed by atoms with van der Waals surface area (Å²) < 4.78 is 5.06. The standard InChI is InChI=1S/C15H32N2O/c1-14(2)13-17-10-7-15(8-11-17)16-9-5-4-6-12-18-3/h14-16H,4-13H2,1-3H3. The van der Waals surface area contributed by atoms with Gasteiger partial charge in [-0.15, -0.1) is 0 Å². The van der Waals surface area contributed by atoms with Gasteiger partial charge in [-0.05, 0) is 57.7 Å². The van der Waals surface area contributed by atoms with Crippen LogP contribution in [-0.2, 0) is 4.74 Å². The van der Waals surface area contributed by atoms with E-state index in [1.807, 2.05) is 0 Å². The van der Waals surface area contributed by atoms with Crippen LogP contribution in [0.4, 0.5) is 0 Å². The zero-order valence-corrected chi connectivity index (χ0v) is 12.6. The molecule has 1 fully saturated rings. The van der Waals surface area contributed by atoms with Gasteiger partial charge in [-0.2, -0.15) is 0 Å². The Kier molecular flexibility index (Phi) is 8.64. The fourth-order valence-corrected chi connectivity index (χ4v) is 2.69. The molecule has 18 heavy (non-hydrogen) atoms. The molecular formula is C15H32N2O. The summed E-state index contributed by atoms with van der Waals surface area (Å²) in [5, 5.41) is 3.70. The first-order valence-electron chi connectivity index (χ1n) is 7.67. The van der Waals surface area contributed by atoms with Crippen molar-refractivity contribution in [2.24, 2.45) is 5.92 Å². The molecule has 0 aromatic heterocycles. The van der Waals surface area contributed by atoms with Crippen molar-refractivity contribution in [2.75, 3.05) is 39.9 Å². The maximum absolute atomic E-state index is 5.06. The van der Waals surface area contributed by atoms with Crippen LogP contribution in [-0.4, -0.2) is 50.8 Å². The number of likely N-dealkylation sites (tertiary alicyclic amines) is 1. The Bertz CT molecular complexity index is 189. The minimum Gasteiger partial charge on any atom is -0.385 e. The molecule has 3 nitrogen and oxygen atoms in total. The Morgan fingerprint density at radius 3 is 2.50 bits per heavy atom. The molecule has 1 saturated heterocycles. The SMILES string of the molecule is COCCCCCNC1CCN(CC(C)C)CC1. The molecule has 3 heteroatoms. The first-order valence-corrected chi connectivity index (χ1v) is 7.67. The number of rotatable bonds is 9. The number of ether oxygens (including phenoxy) is 1. The van der Waals surface area contributed by atoms with Gasteiger partial charge in [-0.3, -0.25) is 0 Å². The number of hydrogen-bond acceptors (Lipinski definition) is 3. The minimum absolute atomic E-state index is 0.760. The second-order valence-electron chi connectivity index (χ2n) is 5.98. The van der Waals surface area contributed by atoms with Crippen LogP contribution in [0, 0.1) is 5.92 Å². The molecule has 0 bridgehead atoms. The van der Waals surface area contributed by atoms with E-state index in [9.17, 15) is 0 Å². The average molecular weight is 256 g/mol.